The summed E-state index contributed by atoms with van der Waals surface area (Å²) in [5.41, 5.74) is 1.43. The molecule has 28 heavy (non-hydrogen) atoms. The van der Waals surface area contributed by atoms with E-state index in [1.54, 1.807) is 13.8 Å². The third-order valence-electron chi connectivity index (χ3n) is 4.64. The maximum absolute atomic E-state index is 13.1. The van der Waals surface area contributed by atoms with E-state index in [1.165, 1.54) is 22.5 Å². The van der Waals surface area contributed by atoms with Crippen LogP contribution in [0.15, 0.2) is 53.4 Å². The molecule has 1 amide bonds. The van der Waals surface area contributed by atoms with Crippen molar-refractivity contribution in [1.29, 1.82) is 0 Å². The highest BCUT2D eigenvalue weighted by Gasteiger charge is 2.37. The minimum absolute atomic E-state index is 0.0673. The zero-order valence-electron chi connectivity index (χ0n) is 15.7. The van der Waals surface area contributed by atoms with Crippen LogP contribution in [-0.2, 0) is 31.4 Å². The molecular weight excluding hydrogens is 400 g/mol. The molecule has 1 aliphatic rings. The molecule has 3 rings (SSSR count). The van der Waals surface area contributed by atoms with Crippen molar-refractivity contribution in [3.63, 3.8) is 0 Å². The average molecular weight is 423 g/mol. The van der Waals surface area contributed by atoms with Crippen LogP contribution in [0.5, 0.6) is 0 Å². The van der Waals surface area contributed by atoms with Gasteiger partial charge in [-0.05, 0) is 36.2 Å². The number of aryl methyl sites for hydroxylation is 1. The number of amides is 1. The van der Waals surface area contributed by atoms with E-state index in [0.717, 1.165) is 9.87 Å². The standard InChI is InChI=1S/C19H22N2O5S2/c1-3-20(14-16-7-5-4-6-8-16)28(25,26)18-10-9-17(13-15(18)2)21-19(22)11-12-27(21,23)24/h4-10,13H,3,11-12,14H2,1-2H3. The molecule has 0 N–H and O–H groups in total. The fourth-order valence-electron chi connectivity index (χ4n) is 3.21. The Bertz CT molecular complexity index is 1100. The molecule has 1 saturated heterocycles. The Hall–Kier alpha value is -2.23. The van der Waals surface area contributed by atoms with E-state index in [9.17, 15) is 21.6 Å². The molecule has 0 radical (unpaired) electrons. The van der Waals surface area contributed by atoms with Crippen LogP contribution in [-0.4, -0.2) is 39.3 Å². The van der Waals surface area contributed by atoms with Crippen LogP contribution < -0.4 is 4.31 Å². The summed E-state index contributed by atoms with van der Waals surface area (Å²) in [5.74, 6) is -0.736. The van der Waals surface area contributed by atoms with E-state index in [1.807, 2.05) is 30.3 Å². The van der Waals surface area contributed by atoms with Crippen molar-refractivity contribution < 1.29 is 21.6 Å². The van der Waals surface area contributed by atoms with Gasteiger partial charge < -0.3 is 0 Å². The van der Waals surface area contributed by atoms with Crippen LogP contribution in [0.25, 0.3) is 0 Å². The van der Waals surface area contributed by atoms with Crippen LogP contribution in [0, 0.1) is 6.92 Å². The summed E-state index contributed by atoms with van der Waals surface area (Å²) < 4.78 is 52.6. The van der Waals surface area contributed by atoms with Gasteiger partial charge in [-0.3, -0.25) is 4.79 Å². The van der Waals surface area contributed by atoms with E-state index >= 15 is 0 Å². The summed E-state index contributed by atoms with van der Waals surface area (Å²) in [6.07, 6.45) is -0.0673. The lowest BCUT2D eigenvalue weighted by Gasteiger charge is -2.23. The lowest BCUT2D eigenvalue weighted by atomic mass is 10.2. The fraction of sp³-hybridized carbons (Fsp3) is 0.316. The summed E-state index contributed by atoms with van der Waals surface area (Å²) >= 11 is 0. The van der Waals surface area contributed by atoms with Gasteiger partial charge >= 0.3 is 0 Å². The number of sulfonamides is 2. The van der Waals surface area contributed by atoms with Gasteiger partial charge in [0.25, 0.3) is 0 Å². The SMILES string of the molecule is CCN(Cc1ccccc1)S(=O)(=O)c1ccc(N2C(=O)CCS2(=O)=O)cc1C. The maximum atomic E-state index is 13.1. The minimum atomic E-state index is -3.78. The molecule has 0 spiro atoms. The number of carbonyl (C=O) groups is 1. The van der Waals surface area contributed by atoms with Gasteiger partial charge in [0.1, 0.15) is 0 Å². The quantitative estimate of drug-likeness (QED) is 0.712. The maximum Gasteiger partial charge on any atom is 0.243 e. The van der Waals surface area contributed by atoms with Crippen molar-refractivity contribution >= 4 is 31.6 Å². The lowest BCUT2D eigenvalue weighted by molar-refractivity contribution is -0.116. The Morgan fingerprint density at radius 2 is 1.79 bits per heavy atom. The molecule has 0 aliphatic carbocycles. The fourth-order valence-corrected chi connectivity index (χ4v) is 6.31. The highest BCUT2D eigenvalue weighted by molar-refractivity contribution is 7.94. The first-order chi connectivity index (χ1) is 13.2. The molecule has 0 aromatic heterocycles. The van der Waals surface area contributed by atoms with Gasteiger partial charge in [-0.2, -0.15) is 4.31 Å². The summed E-state index contributed by atoms with van der Waals surface area (Å²) in [4.78, 5) is 12.1. The van der Waals surface area contributed by atoms with E-state index in [-0.39, 0.29) is 35.8 Å². The van der Waals surface area contributed by atoms with Crippen molar-refractivity contribution in [3.8, 4) is 0 Å². The van der Waals surface area contributed by atoms with Crippen LogP contribution in [0.3, 0.4) is 0 Å². The Balaban J connectivity index is 1.95. The van der Waals surface area contributed by atoms with Crippen LogP contribution >= 0.6 is 0 Å². The predicted molar refractivity (Wildman–Crippen MR) is 107 cm³/mol. The van der Waals surface area contributed by atoms with E-state index < -0.39 is 26.0 Å². The third-order valence-corrected chi connectivity index (χ3v) is 8.42. The van der Waals surface area contributed by atoms with Crippen molar-refractivity contribution in [2.75, 3.05) is 16.6 Å². The highest BCUT2D eigenvalue weighted by atomic mass is 32.2. The molecule has 2 aromatic carbocycles. The van der Waals surface area contributed by atoms with E-state index in [0.29, 0.717) is 5.56 Å². The van der Waals surface area contributed by atoms with Crippen LogP contribution in [0.4, 0.5) is 5.69 Å². The largest absolute Gasteiger partial charge is 0.273 e. The molecule has 150 valence electrons. The van der Waals surface area contributed by atoms with Crippen molar-refractivity contribution in [2.45, 2.75) is 31.7 Å². The van der Waals surface area contributed by atoms with Gasteiger partial charge in [-0.25, -0.2) is 21.1 Å². The molecule has 2 aromatic rings. The first kappa shape index (κ1) is 20.5. The van der Waals surface area contributed by atoms with Gasteiger partial charge in [0.2, 0.25) is 26.0 Å². The molecule has 0 atom stereocenters. The second-order valence-electron chi connectivity index (χ2n) is 6.59. The molecule has 1 aliphatic heterocycles. The van der Waals surface area contributed by atoms with E-state index in [4.69, 9.17) is 0 Å². The molecule has 0 unspecified atom stereocenters. The normalized spacial score (nSPS) is 16.7. The van der Waals surface area contributed by atoms with Gasteiger partial charge in [0.05, 0.1) is 16.3 Å². The zero-order valence-corrected chi connectivity index (χ0v) is 17.3. The minimum Gasteiger partial charge on any atom is -0.273 e. The smallest absolute Gasteiger partial charge is 0.243 e. The molecule has 0 bridgehead atoms. The Morgan fingerprint density at radius 1 is 1.11 bits per heavy atom. The number of anilines is 1. The van der Waals surface area contributed by atoms with E-state index in [2.05, 4.69) is 0 Å². The summed E-state index contributed by atoms with van der Waals surface area (Å²) in [5, 5.41) is 0. The molecule has 0 saturated carbocycles. The topological polar surface area (TPSA) is 91.8 Å². The number of hydrogen-bond acceptors (Lipinski definition) is 5. The second kappa shape index (κ2) is 7.65. The summed E-state index contributed by atoms with van der Waals surface area (Å²) in [7, 11) is -7.47. The lowest BCUT2D eigenvalue weighted by Crippen LogP contribution is -2.31. The highest BCUT2D eigenvalue weighted by Crippen LogP contribution is 2.30. The predicted octanol–water partition coefficient (Wildman–Crippen LogP) is 2.27. The number of benzene rings is 2. The second-order valence-corrected chi connectivity index (χ2v) is 10.4. The van der Waals surface area contributed by atoms with Crippen LogP contribution in [0.1, 0.15) is 24.5 Å². The zero-order chi connectivity index (χ0) is 20.5. The van der Waals surface area contributed by atoms with Gasteiger partial charge in [-0.1, -0.05) is 37.3 Å². The third kappa shape index (κ3) is 3.82. The van der Waals surface area contributed by atoms with Crippen molar-refractivity contribution in [1.82, 2.24) is 4.31 Å². The Kier molecular flexibility index (Phi) is 5.60. The monoisotopic (exact) mass is 422 g/mol. The molecule has 9 heteroatoms. The Morgan fingerprint density at radius 3 is 2.32 bits per heavy atom. The first-order valence-electron chi connectivity index (χ1n) is 8.87. The van der Waals surface area contributed by atoms with Gasteiger partial charge in [-0.15, -0.1) is 0 Å². The number of rotatable bonds is 6. The van der Waals surface area contributed by atoms with Crippen molar-refractivity contribution in [2.24, 2.45) is 0 Å². The number of carbonyl (C=O) groups excluding carboxylic acids is 1. The molecule has 1 heterocycles. The number of hydrogen-bond donors (Lipinski definition) is 0. The van der Waals surface area contributed by atoms with Crippen molar-refractivity contribution in [3.05, 3.63) is 59.7 Å². The molecule has 7 nitrogen and oxygen atoms in total. The van der Waals surface area contributed by atoms with Crippen LogP contribution in [0.2, 0.25) is 0 Å². The van der Waals surface area contributed by atoms with Gasteiger partial charge in [0, 0.05) is 19.5 Å². The molecule has 1 fully saturated rings. The van der Waals surface area contributed by atoms with Gasteiger partial charge in [0.15, 0.2) is 0 Å². The Labute approximate surface area is 165 Å². The summed E-state index contributed by atoms with van der Waals surface area (Å²) in [6.45, 7) is 3.89. The number of nitrogens with zero attached hydrogens (tertiary/aromatic N) is 2. The molecular formula is C19H22N2O5S2. The first-order valence-corrected chi connectivity index (χ1v) is 11.9. The average Bonchev–Trinajstić information content (AvgIpc) is 2.92. The summed E-state index contributed by atoms with van der Waals surface area (Å²) in [6, 6.07) is 13.5.